The number of hydrogen-bond acceptors (Lipinski definition) is 5. The lowest BCUT2D eigenvalue weighted by molar-refractivity contribution is 0.0519. The molecule has 0 saturated heterocycles. The Labute approximate surface area is 147 Å². The van der Waals surface area contributed by atoms with E-state index in [0.717, 1.165) is 0 Å². The van der Waals surface area contributed by atoms with Crippen molar-refractivity contribution in [3.63, 3.8) is 0 Å². The summed E-state index contributed by atoms with van der Waals surface area (Å²) in [5, 5.41) is 9.58. The Morgan fingerprint density at radius 3 is 2.91 bits per heavy atom. The minimum Gasteiger partial charge on any atom is -0.495 e. The Balaban J connectivity index is 2.72. The van der Waals surface area contributed by atoms with E-state index in [1.54, 1.807) is 26.0 Å². The van der Waals surface area contributed by atoms with Crippen molar-refractivity contribution in [2.75, 3.05) is 13.6 Å². The molecule has 0 unspecified atom stereocenters. The number of nitriles is 1. The molecule has 2 rings (SSSR count). The summed E-state index contributed by atoms with van der Waals surface area (Å²) in [6, 6.07) is 6.69. The SMILES string of the molecule is [2H]C([2H])([2H])Oc1cc(Br)ccc1-n1c(CC)nc(C(=O)OCC)c1C#N. The van der Waals surface area contributed by atoms with Gasteiger partial charge in [0.25, 0.3) is 0 Å². The molecule has 7 heteroatoms. The third-order valence-corrected chi connectivity index (χ3v) is 3.60. The highest BCUT2D eigenvalue weighted by Crippen LogP contribution is 2.30. The number of carbonyl (C=O) groups excluding carboxylic acids is 1. The van der Waals surface area contributed by atoms with Crippen LogP contribution >= 0.6 is 15.9 Å². The van der Waals surface area contributed by atoms with E-state index in [2.05, 4.69) is 20.9 Å². The van der Waals surface area contributed by atoms with Crippen LogP contribution in [0, 0.1) is 11.3 Å². The number of rotatable bonds is 5. The summed E-state index contributed by atoms with van der Waals surface area (Å²) in [5.41, 5.74) is 0.132. The first-order chi connectivity index (χ1) is 12.2. The zero-order chi connectivity index (χ0) is 19.5. The summed E-state index contributed by atoms with van der Waals surface area (Å²) in [5.74, 6) is -0.284. The van der Waals surface area contributed by atoms with Crippen LogP contribution in [-0.2, 0) is 11.2 Å². The number of hydrogen-bond donors (Lipinski definition) is 0. The maximum atomic E-state index is 12.1. The fourth-order valence-electron chi connectivity index (χ4n) is 2.16. The van der Waals surface area contributed by atoms with Crippen molar-refractivity contribution in [3.8, 4) is 17.5 Å². The minimum absolute atomic E-state index is 0.0263. The summed E-state index contributed by atoms with van der Waals surface area (Å²) >= 11 is 3.27. The molecule has 1 aromatic heterocycles. The van der Waals surface area contributed by atoms with Gasteiger partial charge in [0.15, 0.2) is 11.4 Å². The standard InChI is InChI=1S/C16H16BrN3O3/c1-4-14-19-15(16(21)23-5-2)12(9-18)20(14)11-7-6-10(17)8-13(11)22-3/h6-8H,4-5H2,1-3H3/i3D3. The van der Waals surface area contributed by atoms with Crippen molar-refractivity contribution in [1.29, 1.82) is 5.26 Å². The first kappa shape index (κ1) is 13.1. The van der Waals surface area contributed by atoms with E-state index < -0.39 is 13.0 Å². The minimum atomic E-state index is -2.68. The molecule has 0 N–H and O–H groups in total. The lowest BCUT2D eigenvalue weighted by Crippen LogP contribution is -2.09. The van der Waals surface area contributed by atoms with E-state index in [-0.39, 0.29) is 23.7 Å². The Kier molecular flexibility index (Phi) is 4.16. The Hall–Kier alpha value is -2.33. The van der Waals surface area contributed by atoms with E-state index in [9.17, 15) is 10.1 Å². The number of benzene rings is 1. The van der Waals surface area contributed by atoms with E-state index >= 15 is 0 Å². The lowest BCUT2D eigenvalue weighted by atomic mass is 10.2. The van der Waals surface area contributed by atoms with Crippen LogP contribution in [0.5, 0.6) is 5.75 Å². The molecule has 0 spiro atoms. The Morgan fingerprint density at radius 1 is 1.52 bits per heavy atom. The smallest absolute Gasteiger partial charge is 0.359 e. The summed E-state index contributed by atoms with van der Waals surface area (Å²) in [6.07, 6.45) is 0.400. The van der Waals surface area contributed by atoms with Gasteiger partial charge in [-0.1, -0.05) is 22.9 Å². The van der Waals surface area contributed by atoms with Crippen molar-refractivity contribution in [2.45, 2.75) is 20.3 Å². The Morgan fingerprint density at radius 2 is 2.30 bits per heavy atom. The number of aryl methyl sites for hydroxylation is 1. The van der Waals surface area contributed by atoms with Gasteiger partial charge in [-0.3, -0.25) is 4.57 Å². The summed E-state index contributed by atoms with van der Waals surface area (Å²) in [4.78, 5) is 16.3. The van der Waals surface area contributed by atoms with E-state index in [1.807, 2.05) is 6.07 Å². The molecule has 0 aliphatic rings. The monoisotopic (exact) mass is 380 g/mol. The van der Waals surface area contributed by atoms with Crippen LogP contribution in [0.4, 0.5) is 0 Å². The molecule has 0 radical (unpaired) electrons. The molecular weight excluding hydrogens is 362 g/mol. The summed E-state index contributed by atoms with van der Waals surface area (Å²) < 4.78 is 34.1. The molecule has 23 heavy (non-hydrogen) atoms. The van der Waals surface area contributed by atoms with Crippen LogP contribution < -0.4 is 4.74 Å². The van der Waals surface area contributed by atoms with Gasteiger partial charge in [0.2, 0.25) is 0 Å². The zero-order valence-electron chi connectivity index (χ0n) is 15.6. The first-order valence-corrected chi connectivity index (χ1v) is 7.68. The van der Waals surface area contributed by atoms with Gasteiger partial charge in [-0.25, -0.2) is 9.78 Å². The second-order valence-electron chi connectivity index (χ2n) is 4.46. The molecular formula is C16H16BrN3O3. The van der Waals surface area contributed by atoms with Crippen LogP contribution in [0.3, 0.4) is 0 Å². The molecule has 1 aromatic carbocycles. The first-order valence-electron chi connectivity index (χ1n) is 8.39. The molecule has 2 aromatic rings. The predicted octanol–water partition coefficient (Wildman–Crippen LogP) is 3.25. The third-order valence-electron chi connectivity index (χ3n) is 3.11. The normalized spacial score (nSPS) is 12.7. The van der Waals surface area contributed by atoms with Gasteiger partial charge < -0.3 is 9.47 Å². The molecule has 0 fully saturated rings. The molecule has 6 nitrogen and oxygen atoms in total. The third kappa shape index (κ3) is 3.22. The highest BCUT2D eigenvalue weighted by atomic mass is 79.9. The number of ether oxygens (including phenoxy) is 2. The fourth-order valence-corrected chi connectivity index (χ4v) is 2.50. The van der Waals surface area contributed by atoms with Gasteiger partial charge in [-0.2, -0.15) is 5.26 Å². The number of imidazole rings is 1. The second kappa shape index (κ2) is 7.29. The number of halogens is 1. The highest BCUT2D eigenvalue weighted by Gasteiger charge is 2.25. The number of esters is 1. The number of aromatic nitrogens is 2. The van der Waals surface area contributed by atoms with Crippen LogP contribution in [0.2, 0.25) is 0 Å². The van der Waals surface area contributed by atoms with Gasteiger partial charge >= 0.3 is 5.97 Å². The molecule has 0 aliphatic heterocycles. The molecule has 0 bridgehead atoms. The van der Waals surface area contributed by atoms with Crippen LogP contribution in [0.25, 0.3) is 5.69 Å². The summed E-state index contributed by atoms with van der Waals surface area (Å²) in [6.45, 7) is 3.60. The van der Waals surface area contributed by atoms with Crippen molar-refractivity contribution >= 4 is 21.9 Å². The maximum Gasteiger partial charge on any atom is 0.359 e. The Bertz CT molecular complexity index is 872. The van der Waals surface area contributed by atoms with E-state index in [4.69, 9.17) is 13.6 Å². The molecule has 0 amide bonds. The van der Waals surface area contributed by atoms with Crippen LogP contribution in [0.1, 0.15) is 40.0 Å². The lowest BCUT2D eigenvalue weighted by Gasteiger charge is -2.13. The second-order valence-corrected chi connectivity index (χ2v) is 5.38. The van der Waals surface area contributed by atoms with Crippen LogP contribution in [0.15, 0.2) is 22.7 Å². The fraction of sp³-hybridized carbons (Fsp3) is 0.312. The molecule has 0 saturated carbocycles. The predicted molar refractivity (Wildman–Crippen MR) is 87.9 cm³/mol. The van der Waals surface area contributed by atoms with Gasteiger partial charge in [-0.15, -0.1) is 0 Å². The molecule has 0 aliphatic carbocycles. The van der Waals surface area contributed by atoms with Crippen molar-refractivity contribution < 1.29 is 18.4 Å². The van der Waals surface area contributed by atoms with Crippen molar-refractivity contribution in [1.82, 2.24) is 9.55 Å². The zero-order valence-corrected chi connectivity index (χ0v) is 14.2. The number of carbonyl (C=O) groups is 1. The van der Waals surface area contributed by atoms with E-state index in [0.29, 0.717) is 22.4 Å². The van der Waals surface area contributed by atoms with Crippen molar-refractivity contribution in [2.24, 2.45) is 0 Å². The van der Waals surface area contributed by atoms with Crippen LogP contribution in [-0.4, -0.2) is 29.2 Å². The van der Waals surface area contributed by atoms with Gasteiger partial charge in [0, 0.05) is 10.9 Å². The van der Waals surface area contributed by atoms with E-state index in [1.165, 1.54) is 10.6 Å². The van der Waals surface area contributed by atoms with Gasteiger partial charge in [-0.05, 0) is 25.1 Å². The van der Waals surface area contributed by atoms with Crippen molar-refractivity contribution in [3.05, 3.63) is 39.9 Å². The summed E-state index contributed by atoms with van der Waals surface area (Å²) in [7, 11) is -2.68. The molecule has 120 valence electrons. The molecule has 0 atom stereocenters. The number of nitrogens with zero attached hydrogens (tertiary/aromatic N) is 3. The largest absolute Gasteiger partial charge is 0.495 e. The average Bonchev–Trinajstić information content (AvgIpc) is 2.92. The van der Waals surface area contributed by atoms with Gasteiger partial charge in [0.1, 0.15) is 17.6 Å². The average molecular weight is 381 g/mol. The quantitative estimate of drug-likeness (QED) is 0.743. The highest BCUT2D eigenvalue weighted by molar-refractivity contribution is 9.10. The number of methoxy groups -OCH3 is 1. The topological polar surface area (TPSA) is 77.1 Å². The maximum absolute atomic E-state index is 12.1. The molecule has 1 heterocycles. The van der Waals surface area contributed by atoms with Gasteiger partial charge in [0.05, 0.1) is 23.4 Å².